The Kier molecular flexibility index (Phi) is 2.91. The van der Waals surface area contributed by atoms with Crippen LogP contribution in [0.1, 0.15) is 10.4 Å². The summed E-state index contributed by atoms with van der Waals surface area (Å²) in [7, 11) is 1.62. The number of furan rings is 1. The average Bonchev–Trinajstić information content (AvgIpc) is 2.89. The Labute approximate surface area is 115 Å². The second-order valence-corrected chi connectivity index (χ2v) is 4.42. The van der Waals surface area contributed by atoms with E-state index in [1.807, 2.05) is 36.4 Å². The van der Waals surface area contributed by atoms with Gasteiger partial charge in [0.15, 0.2) is 0 Å². The number of methoxy groups -OCH3 is 1. The Morgan fingerprint density at radius 2 is 1.95 bits per heavy atom. The number of hydrogen-bond acceptors (Lipinski definition) is 3. The van der Waals surface area contributed by atoms with Crippen molar-refractivity contribution in [3.05, 3.63) is 54.1 Å². The van der Waals surface area contributed by atoms with Gasteiger partial charge in [0, 0.05) is 10.9 Å². The number of fused-ring (bicyclic) bond motifs is 1. The summed E-state index contributed by atoms with van der Waals surface area (Å²) in [5, 5.41) is 0.915. The number of nitrogens with two attached hydrogens (primary N) is 1. The van der Waals surface area contributed by atoms with Crippen LogP contribution < -0.4 is 10.5 Å². The summed E-state index contributed by atoms with van der Waals surface area (Å²) in [6, 6.07) is 14.5. The number of amides is 1. The quantitative estimate of drug-likeness (QED) is 0.792. The van der Waals surface area contributed by atoms with E-state index in [1.54, 1.807) is 19.2 Å². The number of carbonyl (C=O) groups is 1. The fourth-order valence-electron chi connectivity index (χ4n) is 2.19. The van der Waals surface area contributed by atoms with Crippen LogP contribution >= 0.6 is 0 Å². The molecular formula is C16H13NO3. The van der Waals surface area contributed by atoms with Gasteiger partial charge < -0.3 is 14.9 Å². The Morgan fingerprint density at radius 3 is 2.70 bits per heavy atom. The number of carbonyl (C=O) groups excluding carboxylic acids is 1. The Balaban J connectivity index is 2.18. The van der Waals surface area contributed by atoms with Crippen LogP contribution in [0.2, 0.25) is 0 Å². The molecule has 1 aromatic heterocycles. The molecule has 20 heavy (non-hydrogen) atoms. The molecule has 0 aliphatic heterocycles. The number of primary amides is 1. The third-order valence-electron chi connectivity index (χ3n) is 3.18. The van der Waals surface area contributed by atoms with Gasteiger partial charge in [-0.3, -0.25) is 4.79 Å². The van der Waals surface area contributed by atoms with Crippen LogP contribution in [-0.2, 0) is 0 Å². The summed E-state index contributed by atoms with van der Waals surface area (Å²) >= 11 is 0. The van der Waals surface area contributed by atoms with Crippen LogP contribution in [0, 0.1) is 0 Å². The zero-order chi connectivity index (χ0) is 14.1. The van der Waals surface area contributed by atoms with Crippen molar-refractivity contribution in [2.75, 3.05) is 7.11 Å². The van der Waals surface area contributed by atoms with E-state index in [-0.39, 0.29) is 0 Å². The molecule has 0 saturated heterocycles. The first-order valence-electron chi connectivity index (χ1n) is 6.16. The second kappa shape index (κ2) is 4.74. The molecule has 2 aromatic carbocycles. The number of benzene rings is 2. The lowest BCUT2D eigenvalue weighted by Gasteiger charge is -2.02. The van der Waals surface area contributed by atoms with Crippen LogP contribution in [0.4, 0.5) is 0 Å². The van der Waals surface area contributed by atoms with Crippen molar-refractivity contribution in [2.24, 2.45) is 5.73 Å². The topological polar surface area (TPSA) is 65.5 Å². The van der Waals surface area contributed by atoms with Gasteiger partial charge >= 0.3 is 0 Å². The molecule has 1 heterocycles. The maximum atomic E-state index is 11.5. The number of ether oxygens (including phenoxy) is 1. The van der Waals surface area contributed by atoms with Gasteiger partial charge in [0.1, 0.15) is 17.1 Å². The third-order valence-corrected chi connectivity index (χ3v) is 3.18. The third kappa shape index (κ3) is 2.01. The maximum Gasteiger partial charge on any atom is 0.249 e. The summed E-state index contributed by atoms with van der Waals surface area (Å²) in [5.74, 6) is 0.898. The van der Waals surface area contributed by atoms with Gasteiger partial charge in [-0.2, -0.15) is 0 Å². The molecule has 4 nitrogen and oxygen atoms in total. The summed E-state index contributed by atoms with van der Waals surface area (Å²) in [6.45, 7) is 0. The molecule has 0 radical (unpaired) electrons. The van der Waals surface area contributed by atoms with E-state index < -0.39 is 5.91 Å². The van der Waals surface area contributed by atoms with Crippen LogP contribution in [0.25, 0.3) is 22.3 Å². The Hall–Kier alpha value is -2.75. The minimum atomic E-state index is -0.473. The molecule has 100 valence electrons. The van der Waals surface area contributed by atoms with Crippen LogP contribution in [0.5, 0.6) is 5.75 Å². The van der Waals surface area contributed by atoms with Crippen molar-refractivity contribution in [3.8, 4) is 17.1 Å². The summed E-state index contributed by atoms with van der Waals surface area (Å²) in [6.07, 6.45) is 0. The molecule has 0 saturated carbocycles. The van der Waals surface area contributed by atoms with Gasteiger partial charge in [0.05, 0.1) is 12.7 Å². The van der Waals surface area contributed by atoms with Gasteiger partial charge in [-0.1, -0.05) is 18.2 Å². The van der Waals surface area contributed by atoms with E-state index in [4.69, 9.17) is 14.9 Å². The molecule has 4 heteroatoms. The van der Waals surface area contributed by atoms with Crippen LogP contribution in [0.15, 0.2) is 52.9 Å². The van der Waals surface area contributed by atoms with E-state index in [2.05, 4.69) is 0 Å². The number of hydrogen-bond donors (Lipinski definition) is 1. The summed E-state index contributed by atoms with van der Waals surface area (Å²) in [4.78, 5) is 11.5. The molecule has 0 atom stereocenters. The first kappa shape index (κ1) is 12.3. The van der Waals surface area contributed by atoms with E-state index in [1.165, 1.54) is 0 Å². The molecule has 0 fully saturated rings. The highest BCUT2D eigenvalue weighted by atomic mass is 16.5. The fraction of sp³-hybridized carbons (Fsp3) is 0.0625. The van der Waals surface area contributed by atoms with Crippen LogP contribution in [-0.4, -0.2) is 13.0 Å². The molecule has 1 amide bonds. The summed E-state index contributed by atoms with van der Waals surface area (Å²) in [5.41, 5.74) is 7.26. The van der Waals surface area contributed by atoms with Crippen molar-refractivity contribution in [1.29, 1.82) is 0 Å². The lowest BCUT2D eigenvalue weighted by atomic mass is 10.0. The molecule has 0 spiro atoms. The highest BCUT2D eigenvalue weighted by molar-refractivity contribution is 6.00. The standard InChI is InChI=1S/C16H13NO3/c1-19-11-6-7-14-10(8-11)9-15(20-14)12-4-2-3-5-13(12)16(17)18/h2-9H,1H3,(H2,17,18). The van der Waals surface area contributed by atoms with Crippen molar-refractivity contribution in [3.63, 3.8) is 0 Å². The average molecular weight is 267 g/mol. The molecule has 0 aliphatic carbocycles. The van der Waals surface area contributed by atoms with Gasteiger partial charge in [-0.05, 0) is 30.3 Å². The summed E-state index contributed by atoms with van der Waals surface area (Å²) < 4.78 is 11.0. The predicted molar refractivity (Wildman–Crippen MR) is 76.7 cm³/mol. The lowest BCUT2D eigenvalue weighted by molar-refractivity contribution is 0.100. The van der Waals surface area contributed by atoms with Crippen molar-refractivity contribution in [1.82, 2.24) is 0 Å². The Bertz CT molecular complexity index is 789. The van der Waals surface area contributed by atoms with Gasteiger partial charge in [0.2, 0.25) is 5.91 Å². The first-order chi connectivity index (χ1) is 9.69. The van der Waals surface area contributed by atoms with Crippen molar-refractivity contribution in [2.45, 2.75) is 0 Å². The normalized spacial score (nSPS) is 10.7. The molecular weight excluding hydrogens is 254 g/mol. The maximum absolute atomic E-state index is 11.5. The van der Waals surface area contributed by atoms with E-state index in [9.17, 15) is 4.79 Å². The van der Waals surface area contributed by atoms with Crippen molar-refractivity contribution >= 4 is 16.9 Å². The van der Waals surface area contributed by atoms with Gasteiger partial charge in [-0.25, -0.2) is 0 Å². The van der Waals surface area contributed by atoms with E-state index in [0.29, 0.717) is 16.9 Å². The molecule has 2 N–H and O–H groups in total. The molecule has 0 unspecified atom stereocenters. The van der Waals surface area contributed by atoms with E-state index in [0.717, 1.165) is 16.7 Å². The first-order valence-corrected chi connectivity index (χ1v) is 6.16. The lowest BCUT2D eigenvalue weighted by Crippen LogP contribution is -2.11. The highest BCUT2D eigenvalue weighted by Crippen LogP contribution is 2.31. The van der Waals surface area contributed by atoms with Crippen molar-refractivity contribution < 1.29 is 13.9 Å². The monoisotopic (exact) mass is 267 g/mol. The minimum Gasteiger partial charge on any atom is -0.497 e. The number of rotatable bonds is 3. The van der Waals surface area contributed by atoms with Gasteiger partial charge in [0.25, 0.3) is 0 Å². The second-order valence-electron chi connectivity index (χ2n) is 4.42. The molecule has 3 rings (SSSR count). The molecule has 3 aromatic rings. The smallest absolute Gasteiger partial charge is 0.249 e. The zero-order valence-electron chi connectivity index (χ0n) is 10.9. The van der Waals surface area contributed by atoms with E-state index >= 15 is 0 Å². The SMILES string of the molecule is COc1ccc2oc(-c3ccccc3C(N)=O)cc2c1. The predicted octanol–water partition coefficient (Wildman–Crippen LogP) is 3.21. The minimum absolute atomic E-state index is 0.443. The Morgan fingerprint density at radius 1 is 1.15 bits per heavy atom. The molecule has 0 bridgehead atoms. The van der Waals surface area contributed by atoms with Gasteiger partial charge in [-0.15, -0.1) is 0 Å². The largest absolute Gasteiger partial charge is 0.497 e. The zero-order valence-corrected chi connectivity index (χ0v) is 10.9. The fourth-order valence-corrected chi connectivity index (χ4v) is 2.19. The highest BCUT2D eigenvalue weighted by Gasteiger charge is 2.13. The molecule has 0 aliphatic rings. The van der Waals surface area contributed by atoms with Crippen LogP contribution in [0.3, 0.4) is 0 Å².